The van der Waals surface area contributed by atoms with Gasteiger partial charge in [-0.1, -0.05) is 30.3 Å². The van der Waals surface area contributed by atoms with Gasteiger partial charge in [0.1, 0.15) is 6.61 Å². The maximum atomic E-state index is 12.8. The van der Waals surface area contributed by atoms with Gasteiger partial charge in [-0.2, -0.15) is 8.78 Å². The molecule has 0 aliphatic rings. The van der Waals surface area contributed by atoms with Crippen LogP contribution in [0.15, 0.2) is 36.4 Å². The zero-order valence-electron chi connectivity index (χ0n) is 7.87. The lowest BCUT2D eigenvalue weighted by Gasteiger charge is -2.09. The first-order chi connectivity index (χ1) is 6.55. The van der Waals surface area contributed by atoms with Crippen molar-refractivity contribution in [1.82, 2.24) is 0 Å². The van der Waals surface area contributed by atoms with E-state index in [1.54, 1.807) is 31.2 Å². The quantitative estimate of drug-likeness (QED) is 0.791. The minimum Gasteiger partial charge on any atom is -0.390 e. The summed E-state index contributed by atoms with van der Waals surface area (Å²) in [5.41, 5.74) is 1.20. The first kappa shape index (κ1) is 10.9. The smallest absolute Gasteiger partial charge is 0.289 e. The summed E-state index contributed by atoms with van der Waals surface area (Å²) in [7, 11) is 0. The summed E-state index contributed by atoms with van der Waals surface area (Å²) in [6.07, 6.45) is 0.780. The van der Waals surface area contributed by atoms with E-state index < -0.39 is 12.5 Å². The Labute approximate surface area is 81.7 Å². The molecule has 76 valence electrons. The topological polar surface area (TPSA) is 20.2 Å². The number of hydrogen-bond donors (Lipinski definition) is 1. The molecule has 1 nitrogen and oxygen atoms in total. The lowest BCUT2D eigenvalue weighted by molar-refractivity contribution is -0.00442. The van der Waals surface area contributed by atoms with Crippen LogP contribution in [0.25, 0.3) is 5.57 Å². The van der Waals surface area contributed by atoms with Crippen molar-refractivity contribution >= 4 is 5.57 Å². The highest BCUT2D eigenvalue weighted by Gasteiger charge is 2.24. The van der Waals surface area contributed by atoms with E-state index in [2.05, 4.69) is 0 Å². The Hall–Kier alpha value is -1.22. The number of hydrogen-bond acceptors (Lipinski definition) is 1. The number of allylic oxidation sites excluding steroid dienone is 1. The predicted molar refractivity (Wildman–Crippen MR) is 52.1 cm³/mol. The number of aliphatic hydroxyl groups excluding tert-OH is 1. The van der Waals surface area contributed by atoms with Crippen LogP contribution >= 0.6 is 0 Å². The minimum absolute atomic E-state index is 0.463. The monoisotopic (exact) mass is 198 g/mol. The number of rotatable bonds is 3. The van der Waals surface area contributed by atoms with Crippen molar-refractivity contribution < 1.29 is 13.9 Å². The van der Waals surface area contributed by atoms with Crippen LogP contribution in [0.2, 0.25) is 0 Å². The van der Waals surface area contributed by atoms with Crippen LogP contribution in [0.1, 0.15) is 12.5 Å². The zero-order chi connectivity index (χ0) is 10.6. The Bertz CT molecular complexity index is 317. The number of alkyl halides is 2. The van der Waals surface area contributed by atoms with E-state index in [-0.39, 0.29) is 0 Å². The van der Waals surface area contributed by atoms with Gasteiger partial charge >= 0.3 is 0 Å². The van der Waals surface area contributed by atoms with E-state index >= 15 is 0 Å². The molecule has 0 unspecified atom stereocenters. The number of benzene rings is 1. The molecule has 14 heavy (non-hydrogen) atoms. The van der Waals surface area contributed by atoms with Crippen molar-refractivity contribution in [3.63, 3.8) is 0 Å². The second-order valence-corrected chi connectivity index (χ2v) is 3.11. The van der Waals surface area contributed by atoms with Gasteiger partial charge in [-0.3, -0.25) is 0 Å². The maximum absolute atomic E-state index is 12.8. The average Bonchev–Trinajstić information content (AvgIpc) is 2.19. The predicted octanol–water partition coefficient (Wildman–Crippen LogP) is 2.72. The molecular weight excluding hydrogens is 186 g/mol. The standard InChI is InChI=1S/C11H12F2O/c1-9(7-11(12,13)8-14)10-5-3-2-4-6-10/h2-7,14H,8H2,1H3/b9-7+. The molecule has 0 saturated heterocycles. The molecule has 1 rings (SSSR count). The summed E-state index contributed by atoms with van der Waals surface area (Å²) >= 11 is 0. The van der Waals surface area contributed by atoms with Gasteiger partial charge in [0, 0.05) is 0 Å². The molecule has 1 aromatic carbocycles. The average molecular weight is 198 g/mol. The normalized spacial score (nSPS) is 13.0. The summed E-state index contributed by atoms with van der Waals surface area (Å²) in [6.45, 7) is 0.441. The Morgan fingerprint density at radius 2 is 1.93 bits per heavy atom. The highest BCUT2D eigenvalue weighted by molar-refractivity contribution is 5.64. The molecule has 0 saturated carbocycles. The third-order valence-electron chi connectivity index (χ3n) is 1.87. The van der Waals surface area contributed by atoms with Gasteiger partial charge in [0.15, 0.2) is 0 Å². The molecule has 0 atom stereocenters. The van der Waals surface area contributed by atoms with Gasteiger partial charge in [0.2, 0.25) is 0 Å². The molecule has 0 aliphatic heterocycles. The van der Waals surface area contributed by atoms with E-state index in [0.717, 1.165) is 11.6 Å². The molecule has 0 radical (unpaired) electrons. The summed E-state index contributed by atoms with van der Waals surface area (Å²) in [5.74, 6) is -3.14. The lowest BCUT2D eigenvalue weighted by Crippen LogP contribution is -2.17. The fourth-order valence-corrected chi connectivity index (χ4v) is 1.15. The summed E-state index contributed by atoms with van der Waals surface area (Å²) in [5, 5.41) is 8.40. The minimum atomic E-state index is -3.14. The summed E-state index contributed by atoms with van der Waals surface area (Å²) in [4.78, 5) is 0. The van der Waals surface area contributed by atoms with Crippen molar-refractivity contribution in [2.75, 3.05) is 6.61 Å². The van der Waals surface area contributed by atoms with E-state index in [4.69, 9.17) is 5.11 Å². The third-order valence-corrected chi connectivity index (χ3v) is 1.87. The number of aliphatic hydroxyl groups is 1. The maximum Gasteiger partial charge on any atom is 0.289 e. The van der Waals surface area contributed by atoms with Gasteiger partial charge in [-0.15, -0.1) is 0 Å². The van der Waals surface area contributed by atoms with Crippen LogP contribution in [0.3, 0.4) is 0 Å². The molecule has 0 aromatic heterocycles. The first-order valence-electron chi connectivity index (χ1n) is 4.29. The lowest BCUT2D eigenvalue weighted by atomic mass is 10.1. The highest BCUT2D eigenvalue weighted by Crippen LogP contribution is 2.21. The van der Waals surface area contributed by atoms with Crippen molar-refractivity contribution in [2.24, 2.45) is 0 Å². The van der Waals surface area contributed by atoms with Crippen LogP contribution in [0, 0.1) is 0 Å². The molecule has 0 fully saturated rings. The van der Waals surface area contributed by atoms with Crippen LogP contribution in [0.4, 0.5) is 8.78 Å². The van der Waals surface area contributed by atoms with Crippen molar-refractivity contribution in [1.29, 1.82) is 0 Å². The first-order valence-corrected chi connectivity index (χ1v) is 4.29. The van der Waals surface area contributed by atoms with Crippen molar-refractivity contribution in [2.45, 2.75) is 12.8 Å². The molecule has 0 amide bonds. The summed E-state index contributed by atoms with van der Waals surface area (Å²) in [6, 6.07) is 8.88. The molecule has 3 heteroatoms. The van der Waals surface area contributed by atoms with Gasteiger partial charge in [0.25, 0.3) is 5.92 Å². The molecule has 0 heterocycles. The largest absolute Gasteiger partial charge is 0.390 e. The van der Waals surface area contributed by atoms with Crippen LogP contribution < -0.4 is 0 Å². The Kier molecular flexibility index (Phi) is 3.36. The fourth-order valence-electron chi connectivity index (χ4n) is 1.15. The molecule has 0 spiro atoms. The third kappa shape index (κ3) is 2.92. The van der Waals surface area contributed by atoms with Gasteiger partial charge < -0.3 is 5.11 Å². The molecule has 1 N–H and O–H groups in total. The van der Waals surface area contributed by atoms with E-state index in [9.17, 15) is 8.78 Å². The van der Waals surface area contributed by atoms with E-state index in [1.165, 1.54) is 0 Å². The highest BCUT2D eigenvalue weighted by atomic mass is 19.3. The van der Waals surface area contributed by atoms with Crippen LogP contribution in [0.5, 0.6) is 0 Å². The Morgan fingerprint density at radius 1 is 1.36 bits per heavy atom. The Morgan fingerprint density at radius 3 is 2.43 bits per heavy atom. The second kappa shape index (κ2) is 4.33. The molecule has 1 aromatic rings. The van der Waals surface area contributed by atoms with Gasteiger partial charge in [-0.05, 0) is 24.1 Å². The van der Waals surface area contributed by atoms with Gasteiger partial charge in [-0.25, -0.2) is 0 Å². The van der Waals surface area contributed by atoms with Crippen LogP contribution in [-0.4, -0.2) is 17.6 Å². The van der Waals surface area contributed by atoms with Gasteiger partial charge in [0.05, 0.1) is 0 Å². The molecule has 0 bridgehead atoms. The van der Waals surface area contributed by atoms with Crippen LogP contribution in [-0.2, 0) is 0 Å². The zero-order valence-corrected chi connectivity index (χ0v) is 7.87. The summed E-state index contributed by atoms with van der Waals surface area (Å²) < 4.78 is 25.5. The SMILES string of the molecule is C/C(=C\C(F)(F)CO)c1ccccc1. The molecular formula is C11H12F2O. The van der Waals surface area contributed by atoms with Crippen molar-refractivity contribution in [3.05, 3.63) is 42.0 Å². The van der Waals surface area contributed by atoms with Crippen molar-refractivity contribution in [3.8, 4) is 0 Å². The number of halogens is 2. The fraction of sp³-hybridized carbons (Fsp3) is 0.273. The van der Waals surface area contributed by atoms with E-state index in [1.807, 2.05) is 6.07 Å². The Balaban J connectivity index is 2.91. The van der Waals surface area contributed by atoms with E-state index in [0.29, 0.717) is 5.57 Å². The molecule has 0 aliphatic carbocycles. The second-order valence-electron chi connectivity index (χ2n) is 3.11.